The molecule has 0 spiro atoms. The van der Waals surface area contributed by atoms with Crippen LogP contribution in [0, 0.1) is 6.92 Å². The van der Waals surface area contributed by atoms with Gasteiger partial charge in [-0.25, -0.2) is 4.79 Å². The average Bonchev–Trinajstić information content (AvgIpc) is 2.94. The van der Waals surface area contributed by atoms with Gasteiger partial charge in [0.15, 0.2) is 0 Å². The summed E-state index contributed by atoms with van der Waals surface area (Å²) >= 11 is 0. The number of amides is 2. The number of hydrogen-bond acceptors (Lipinski definition) is 3. The third-order valence-corrected chi connectivity index (χ3v) is 4.45. The van der Waals surface area contributed by atoms with E-state index in [4.69, 9.17) is 10.5 Å². The highest BCUT2D eigenvalue weighted by Gasteiger charge is 2.26. The quantitative estimate of drug-likeness (QED) is 0.862. The van der Waals surface area contributed by atoms with Gasteiger partial charge in [-0.2, -0.15) is 0 Å². The first-order valence-electron chi connectivity index (χ1n) is 8.75. The van der Waals surface area contributed by atoms with Gasteiger partial charge in [0.1, 0.15) is 5.60 Å². The van der Waals surface area contributed by atoms with E-state index in [1.165, 1.54) is 0 Å². The maximum Gasteiger partial charge on any atom is 0.410 e. The van der Waals surface area contributed by atoms with E-state index in [0.29, 0.717) is 18.7 Å². The van der Waals surface area contributed by atoms with Crippen LogP contribution in [0.5, 0.6) is 0 Å². The van der Waals surface area contributed by atoms with Crippen molar-refractivity contribution in [3.8, 4) is 0 Å². The molecule has 0 saturated carbocycles. The summed E-state index contributed by atoms with van der Waals surface area (Å²) in [5, 5.41) is 0.971. The van der Waals surface area contributed by atoms with Crippen molar-refractivity contribution in [1.82, 2.24) is 9.88 Å². The maximum absolute atomic E-state index is 12.4. The Bertz CT molecular complexity index is 903. The zero-order valence-electron chi connectivity index (χ0n) is 15.7. The molecule has 0 aliphatic carbocycles. The number of aryl methyl sites for hydroxylation is 1. The van der Waals surface area contributed by atoms with Gasteiger partial charge < -0.3 is 20.4 Å². The molecule has 0 bridgehead atoms. The van der Waals surface area contributed by atoms with Crippen LogP contribution in [-0.4, -0.2) is 40.6 Å². The van der Waals surface area contributed by atoms with Crippen LogP contribution in [0.3, 0.4) is 0 Å². The molecule has 3 rings (SSSR count). The van der Waals surface area contributed by atoms with Crippen LogP contribution < -0.4 is 5.73 Å². The molecule has 2 aromatic rings. The van der Waals surface area contributed by atoms with Gasteiger partial charge in [0.2, 0.25) is 0 Å². The van der Waals surface area contributed by atoms with E-state index in [0.717, 1.165) is 34.0 Å². The number of carbonyl (C=O) groups excluding carboxylic acids is 2. The summed E-state index contributed by atoms with van der Waals surface area (Å²) in [6.45, 7) is 8.68. The molecule has 1 aliphatic rings. The standard InChI is InChI=1S/C20H25N3O3/c1-12-10-22-17-15(18(21)24)8-7-14(16(12)17)13-6-5-9-23(11-13)19(25)26-20(2,3)4/h6-8,10,22H,5,9,11H2,1-4H3,(H2,21,24). The van der Waals surface area contributed by atoms with Gasteiger partial charge in [0, 0.05) is 24.7 Å². The van der Waals surface area contributed by atoms with Crippen LogP contribution in [0.15, 0.2) is 24.4 Å². The number of aromatic nitrogens is 1. The van der Waals surface area contributed by atoms with Crippen LogP contribution in [0.2, 0.25) is 0 Å². The van der Waals surface area contributed by atoms with Gasteiger partial charge in [-0.05, 0) is 56.9 Å². The van der Waals surface area contributed by atoms with Crippen LogP contribution in [0.4, 0.5) is 4.79 Å². The molecule has 2 amide bonds. The van der Waals surface area contributed by atoms with E-state index in [1.807, 2.05) is 40.0 Å². The third-order valence-electron chi connectivity index (χ3n) is 4.45. The molecule has 0 atom stereocenters. The predicted molar refractivity (Wildman–Crippen MR) is 102 cm³/mol. The van der Waals surface area contributed by atoms with E-state index < -0.39 is 11.5 Å². The van der Waals surface area contributed by atoms with Crippen molar-refractivity contribution >= 4 is 28.5 Å². The smallest absolute Gasteiger partial charge is 0.410 e. The van der Waals surface area contributed by atoms with Crippen LogP contribution in [-0.2, 0) is 4.74 Å². The zero-order chi connectivity index (χ0) is 19.1. The van der Waals surface area contributed by atoms with Crippen LogP contribution in [0.25, 0.3) is 16.5 Å². The Morgan fingerprint density at radius 2 is 2.00 bits per heavy atom. The summed E-state index contributed by atoms with van der Waals surface area (Å²) in [6.07, 6.45) is 4.47. The van der Waals surface area contributed by atoms with Gasteiger partial charge in [-0.15, -0.1) is 0 Å². The zero-order valence-corrected chi connectivity index (χ0v) is 15.7. The van der Waals surface area contributed by atoms with E-state index in [9.17, 15) is 9.59 Å². The van der Waals surface area contributed by atoms with Crippen molar-refractivity contribution in [2.75, 3.05) is 13.1 Å². The minimum Gasteiger partial charge on any atom is -0.444 e. The number of primary amides is 1. The van der Waals surface area contributed by atoms with E-state index >= 15 is 0 Å². The van der Waals surface area contributed by atoms with Gasteiger partial charge in [0.05, 0.1) is 11.1 Å². The first kappa shape index (κ1) is 18.0. The minimum atomic E-state index is -0.522. The summed E-state index contributed by atoms with van der Waals surface area (Å²) < 4.78 is 5.50. The Kier molecular flexibility index (Phi) is 4.52. The monoisotopic (exact) mass is 355 g/mol. The van der Waals surface area contributed by atoms with Crippen molar-refractivity contribution in [2.45, 2.75) is 39.7 Å². The van der Waals surface area contributed by atoms with Crippen molar-refractivity contribution < 1.29 is 14.3 Å². The van der Waals surface area contributed by atoms with E-state index in [1.54, 1.807) is 11.0 Å². The second-order valence-electron chi connectivity index (χ2n) is 7.67. The highest BCUT2D eigenvalue weighted by molar-refractivity contribution is 6.09. The number of benzene rings is 1. The molecule has 0 fully saturated rings. The first-order chi connectivity index (χ1) is 12.2. The lowest BCUT2D eigenvalue weighted by Crippen LogP contribution is -2.39. The first-order valence-corrected chi connectivity index (χ1v) is 8.75. The molecule has 0 unspecified atom stereocenters. The topological polar surface area (TPSA) is 88.4 Å². The van der Waals surface area contributed by atoms with Crippen molar-refractivity contribution in [2.24, 2.45) is 5.73 Å². The molecular formula is C20H25N3O3. The molecule has 3 N–H and O–H groups in total. The number of hydrogen-bond donors (Lipinski definition) is 2. The fourth-order valence-corrected chi connectivity index (χ4v) is 3.31. The normalized spacial score (nSPS) is 15.1. The lowest BCUT2D eigenvalue weighted by atomic mass is 9.94. The lowest BCUT2D eigenvalue weighted by Gasteiger charge is -2.30. The molecule has 26 heavy (non-hydrogen) atoms. The average molecular weight is 355 g/mol. The number of nitrogens with zero attached hydrogens (tertiary/aromatic N) is 1. The highest BCUT2D eigenvalue weighted by Crippen LogP contribution is 2.32. The molecule has 1 aromatic heterocycles. The fourth-order valence-electron chi connectivity index (χ4n) is 3.31. The number of rotatable bonds is 2. The molecule has 1 aromatic carbocycles. The second kappa shape index (κ2) is 6.52. The Hall–Kier alpha value is -2.76. The maximum atomic E-state index is 12.4. The fraction of sp³-hybridized carbons (Fsp3) is 0.400. The number of carbonyl (C=O) groups is 2. The summed E-state index contributed by atoms with van der Waals surface area (Å²) in [5.41, 5.74) is 9.28. The number of ether oxygens (including phenoxy) is 1. The molecule has 138 valence electrons. The molecule has 6 nitrogen and oxygen atoms in total. The number of nitrogens with one attached hydrogen (secondary N) is 1. The molecule has 1 aliphatic heterocycles. The molecular weight excluding hydrogens is 330 g/mol. The molecule has 2 heterocycles. The number of aromatic amines is 1. The van der Waals surface area contributed by atoms with Crippen molar-refractivity contribution in [3.05, 3.63) is 41.1 Å². The number of fused-ring (bicyclic) bond motifs is 1. The van der Waals surface area contributed by atoms with Crippen molar-refractivity contribution in [3.63, 3.8) is 0 Å². The van der Waals surface area contributed by atoms with Crippen LogP contribution >= 0.6 is 0 Å². The minimum absolute atomic E-state index is 0.307. The van der Waals surface area contributed by atoms with Gasteiger partial charge in [-0.3, -0.25) is 4.79 Å². The molecule has 0 radical (unpaired) electrons. The summed E-state index contributed by atoms with van der Waals surface area (Å²) in [5.74, 6) is -0.462. The summed E-state index contributed by atoms with van der Waals surface area (Å²) in [4.78, 5) is 29.0. The Labute approximate surface area is 153 Å². The third kappa shape index (κ3) is 3.45. The molecule has 0 saturated heterocycles. The number of nitrogens with two attached hydrogens (primary N) is 1. The van der Waals surface area contributed by atoms with Crippen LogP contribution in [0.1, 0.15) is 48.7 Å². The van der Waals surface area contributed by atoms with Gasteiger partial charge in [-0.1, -0.05) is 12.1 Å². The lowest BCUT2D eigenvalue weighted by molar-refractivity contribution is 0.0273. The van der Waals surface area contributed by atoms with Crippen molar-refractivity contribution in [1.29, 1.82) is 0 Å². The van der Waals surface area contributed by atoms with Gasteiger partial charge in [0.25, 0.3) is 5.91 Å². The largest absolute Gasteiger partial charge is 0.444 e. The Balaban J connectivity index is 1.96. The van der Waals surface area contributed by atoms with E-state index in [-0.39, 0.29) is 6.09 Å². The second-order valence-corrected chi connectivity index (χ2v) is 7.67. The predicted octanol–water partition coefficient (Wildman–Crippen LogP) is 3.60. The highest BCUT2D eigenvalue weighted by atomic mass is 16.6. The number of H-pyrrole nitrogens is 1. The summed E-state index contributed by atoms with van der Waals surface area (Å²) in [6, 6.07) is 3.65. The Morgan fingerprint density at radius 3 is 2.65 bits per heavy atom. The SMILES string of the molecule is Cc1c[nH]c2c(C(N)=O)ccc(C3=CCCN(C(=O)OC(C)(C)C)C3)c12. The summed E-state index contributed by atoms with van der Waals surface area (Å²) in [7, 11) is 0. The van der Waals surface area contributed by atoms with E-state index in [2.05, 4.69) is 11.1 Å². The van der Waals surface area contributed by atoms with Gasteiger partial charge >= 0.3 is 6.09 Å². The molecule has 6 heteroatoms. The Morgan fingerprint density at radius 1 is 1.27 bits per heavy atom.